The number of amides is 1. The molecule has 200 valence electrons. The van der Waals surface area contributed by atoms with Gasteiger partial charge < -0.3 is 15.1 Å². The van der Waals surface area contributed by atoms with Gasteiger partial charge in [0.15, 0.2) is 0 Å². The third-order valence-corrected chi connectivity index (χ3v) is 6.91. The normalized spacial score (nSPS) is 17.6. The summed E-state index contributed by atoms with van der Waals surface area (Å²) in [6, 6.07) is 8.92. The first-order chi connectivity index (χ1) is 17.7. The molecule has 12 heteroatoms. The highest BCUT2D eigenvalue weighted by molar-refractivity contribution is 5.76. The highest BCUT2D eigenvalue weighted by Gasteiger charge is 2.30. The molecule has 4 rings (SSSR count). The summed E-state index contributed by atoms with van der Waals surface area (Å²) in [4.78, 5) is 33.2. The van der Waals surface area contributed by atoms with E-state index in [2.05, 4.69) is 20.1 Å². The van der Waals surface area contributed by atoms with Gasteiger partial charge in [0.1, 0.15) is 5.69 Å². The van der Waals surface area contributed by atoms with Crippen LogP contribution >= 0.6 is 0 Å². The molecule has 0 spiro atoms. The second kappa shape index (κ2) is 11.8. The maximum Gasteiger partial charge on any atom is 0.416 e. The van der Waals surface area contributed by atoms with E-state index in [9.17, 15) is 28.1 Å². The molecule has 1 aromatic heterocycles. The van der Waals surface area contributed by atoms with Gasteiger partial charge in [-0.2, -0.15) is 13.2 Å². The minimum absolute atomic E-state index is 0.134. The van der Waals surface area contributed by atoms with Crippen molar-refractivity contribution >= 4 is 17.3 Å². The van der Waals surface area contributed by atoms with Crippen LogP contribution in [0.1, 0.15) is 30.5 Å². The van der Waals surface area contributed by atoms with Crippen molar-refractivity contribution in [1.82, 2.24) is 14.8 Å². The maximum atomic E-state index is 12.8. The van der Waals surface area contributed by atoms with Crippen molar-refractivity contribution < 1.29 is 22.9 Å². The minimum Gasteiger partial charge on any atom is -0.381 e. The summed E-state index contributed by atoms with van der Waals surface area (Å²) in [5.74, 6) is 0.134. The van der Waals surface area contributed by atoms with Crippen molar-refractivity contribution in [2.75, 3.05) is 56.0 Å². The largest absolute Gasteiger partial charge is 0.416 e. The summed E-state index contributed by atoms with van der Waals surface area (Å²) >= 11 is 0. The fourth-order valence-electron chi connectivity index (χ4n) is 4.75. The predicted molar refractivity (Wildman–Crippen MR) is 133 cm³/mol. The summed E-state index contributed by atoms with van der Waals surface area (Å²) in [6.07, 6.45) is -0.655. The maximum absolute atomic E-state index is 12.8. The number of anilines is 2. The van der Waals surface area contributed by atoms with Gasteiger partial charge in [-0.25, -0.2) is 0 Å². The van der Waals surface area contributed by atoms with Crippen LogP contribution in [0.5, 0.6) is 0 Å². The van der Waals surface area contributed by atoms with E-state index in [-0.39, 0.29) is 18.5 Å². The van der Waals surface area contributed by atoms with Gasteiger partial charge in [-0.3, -0.25) is 24.8 Å². The zero-order chi connectivity index (χ0) is 26.4. The van der Waals surface area contributed by atoms with Crippen LogP contribution in [0.2, 0.25) is 0 Å². The Morgan fingerprint density at radius 2 is 1.70 bits per heavy atom. The van der Waals surface area contributed by atoms with Gasteiger partial charge in [-0.05, 0) is 49.2 Å². The summed E-state index contributed by atoms with van der Waals surface area (Å²) in [5, 5.41) is 14.0. The van der Waals surface area contributed by atoms with E-state index < -0.39 is 16.7 Å². The third-order valence-electron chi connectivity index (χ3n) is 6.91. The molecule has 2 saturated heterocycles. The number of likely N-dealkylation sites (tertiary alicyclic amines) is 1. The summed E-state index contributed by atoms with van der Waals surface area (Å²) in [5.41, 5.74) is 1.36. The van der Waals surface area contributed by atoms with Crippen molar-refractivity contribution in [2.45, 2.75) is 38.0 Å². The molecule has 1 amide bonds. The van der Waals surface area contributed by atoms with E-state index in [4.69, 9.17) is 0 Å². The fraction of sp³-hybridized carbons (Fsp3) is 0.520. The fourth-order valence-corrected chi connectivity index (χ4v) is 4.75. The lowest BCUT2D eigenvalue weighted by atomic mass is 10.0. The number of halogens is 3. The Hall–Kier alpha value is -3.41. The molecule has 37 heavy (non-hydrogen) atoms. The molecule has 0 saturated carbocycles. The Morgan fingerprint density at radius 3 is 2.27 bits per heavy atom. The van der Waals surface area contributed by atoms with Gasteiger partial charge in [0.25, 0.3) is 0 Å². The van der Waals surface area contributed by atoms with Gasteiger partial charge in [0, 0.05) is 68.9 Å². The predicted octanol–water partition coefficient (Wildman–Crippen LogP) is 3.49. The number of piperazine rings is 1. The SMILES string of the molecule is O=C(CCN1CCN(c2ccc(C(F)(F)F)cc2)CC1)N1CCC(Nc2ccc(C[N+](=O)[O-])nc2)CC1. The number of benzene rings is 1. The molecule has 1 N–H and O–H groups in total. The standard InChI is InChI=1S/C25H31F3N6O3/c26-25(27,28)19-1-5-23(6-2-19)32-15-13-31(14-16-32)10-9-24(35)33-11-7-20(8-12-33)30-21-3-4-22(29-17-21)18-34(36)37/h1-6,17,20,30H,7-16,18H2. The van der Waals surface area contributed by atoms with Gasteiger partial charge in [-0.15, -0.1) is 0 Å². The smallest absolute Gasteiger partial charge is 0.381 e. The molecule has 0 unspecified atom stereocenters. The number of aromatic nitrogens is 1. The second-order valence-electron chi connectivity index (χ2n) is 9.45. The third kappa shape index (κ3) is 7.54. The Bertz CT molecular complexity index is 1050. The molecule has 1 aromatic carbocycles. The monoisotopic (exact) mass is 520 g/mol. The lowest BCUT2D eigenvalue weighted by molar-refractivity contribution is -0.497. The van der Waals surface area contributed by atoms with Gasteiger partial charge in [0.05, 0.1) is 17.4 Å². The van der Waals surface area contributed by atoms with Crippen molar-refractivity contribution in [1.29, 1.82) is 0 Å². The van der Waals surface area contributed by atoms with E-state index in [0.717, 1.165) is 49.4 Å². The number of rotatable bonds is 8. The molecule has 0 bridgehead atoms. The van der Waals surface area contributed by atoms with E-state index in [0.29, 0.717) is 44.8 Å². The first kappa shape index (κ1) is 26.6. The number of carbonyl (C=O) groups is 1. The van der Waals surface area contributed by atoms with Crippen LogP contribution in [0.15, 0.2) is 42.6 Å². The van der Waals surface area contributed by atoms with E-state index >= 15 is 0 Å². The highest BCUT2D eigenvalue weighted by atomic mass is 19.4. The molecular weight excluding hydrogens is 489 g/mol. The number of hydrogen-bond donors (Lipinski definition) is 1. The summed E-state index contributed by atoms with van der Waals surface area (Å²) < 4.78 is 38.3. The van der Waals surface area contributed by atoms with Crippen molar-refractivity contribution in [3.63, 3.8) is 0 Å². The van der Waals surface area contributed by atoms with Crippen LogP contribution in [0.3, 0.4) is 0 Å². The molecule has 9 nitrogen and oxygen atoms in total. The highest BCUT2D eigenvalue weighted by Crippen LogP contribution is 2.30. The molecule has 2 fully saturated rings. The second-order valence-corrected chi connectivity index (χ2v) is 9.45. The average Bonchev–Trinajstić information content (AvgIpc) is 2.88. The van der Waals surface area contributed by atoms with Crippen LogP contribution in [-0.4, -0.2) is 77.5 Å². The number of alkyl halides is 3. The Labute approximate surface area is 213 Å². The van der Waals surface area contributed by atoms with Crippen LogP contribution in [0, 0.1) is 10.1 Å². The van der Waals surface area contributed by atoms with E-state index in [1.165, 1.54) is 12.1 Å². The summed E-state index contributed by atoms with van der Waals surface area (Å²) in [6.45, 7) is 4.65. The van der Waals surface area contributed by atoms with Gasteiger partial charge in [0.2, 0.25) is 12.5 Å². The Kier molecular flexibility index (Phi) is 8.47. The number of nitro groups is 1. The number of pyridine rings is 1. The molecule has 0 atom stereocenters. The number of carbonyl (C=O) groups excluding carboxylic acids is 1. The molecule has 3 heterocycles. The lowest BCUT2D eigenvalue weighted by Crippen LogP contribution is -2.48. The number of nitrogens with zero attached hydrogens (tertiary/aromatic N) is 5. The van der Waals surface area contributed by atoms with Crippen molar-refractivity contribution in [3.8, 4) is 0 Å². The molecule has 0 radical (unpaired) electrons. The summed E-state index contributed by atoms with van der Waals surface area (Å²) in [7, 11) is 0. The van der Waals surface area contributed by atoms with E-state index in [1.54, 1.807) is 18.3 Å². The first-order valence-corrected chi connectivity index (χ1v) is 12.4. The number of nitrogens with one attached hydrogen (secondary N) is 1. The lowest BCUT2D eigenvalue weighted by Gasteiger charge is -2.37. The molecule has 2 aliphatic heterocycles. The molecule has 2 aliphatic rings. The van der Waals surface area contributed by atoms with E-state index in [1.807, 2.05) is 4.90 Å². The van der Waals surface area contributed by atoms with Crippen LogP contribution in [-0.2, 0) is 17.5 Å². The number of piperidine rings is 1. The van der Waals surface area contributed by atoms with Gasteiger partial charge in [-0.1, -0.05) is 0 Å². The molecular formula is C25H31F3N6O3. The minimum atomic E-state index is -4.33. The molecule has 2 aromatic rings. The topological polar surface area (TPSA) is 94.9 Å². The number of hydrogen-bond acceptors (Lipinski definition) is 7. The van der Waals surface area contributed by atoms with Crippen molar-refractivity contribution in [3.05, 3.63) is 64.0 Å². The average molecular weight is 521 g/mol. The van der Waals surface area contributed by atoms with Crippen LogP contribution in [0.25, 0.3) is 0 Å². The van der Waals surface area contributed by atoms with Crippen LogP contribution < -0.4 is 10.2 Å². The first-order valence-electron chi connectivity index (χ1n) is 12.4. The zero-order valence-corrected chi connectivity index (χ0v) is 20.5. The van der Waals surface area contributed by atoms with Crippen molar-refractivity contribution in [2.24, 2.45) is 0 Å². The van der Waals surface area contributed by atoms with Gasteiger partial charge >= 0.3 is 6.18 Å². The molecule has 0 aliphatic carbocycles. The van der Waals surface area contributed by atoms with Crippen LogP contribution in [0.4, 0.5) is 24.5 Å². The quantitative estimate of drug-likeness (QED) is 0.421. The zero-order valence-electron chi connectivity index (χ0n) is 20.5. The Balaban J connectivity index is 1.14. The Morgan fingerprint density at radius 1 is 1.03 bits per heavy atom.